The second kappa shape index (κ2) is 11.4. The van der Waals surface area contributed by atoms with Crippen LogP contribution < -0.4 is 5.32 Å². The standard InChI is InChI=1S/C23H28F3NO7/c1-4-27-15-10-14-6-5-7-18(34-22(32)23(24,25)26)20(30)16(28)9-8-12(2)13(3)33-21(31)19(14)17(29)11-15/h5-6,8-13,16,18,20,27-30H,4,7H2,1-3H3/b6-5+,9-8-/t12-,13+,16?,18+,20-/m1/s1. The van der Waals surface area contributed by atoms with Gasteiger partial charge in [-0.1, -0.05) is 31.2 Å². The number of anilines is 1. The predicted octanol–water partition coefficient (Wildman–Crippen LogP) is 3.17. The lowest BCUT2D eigenvalue weighted by atomic mass is 9.98. The first-order chi connectivity index (χ1) is 15.8. The minimum absolute atomic E-state index is 0.164. The number of aliphatic hydroxyl groups excluding tert-OH is 2. The van der Waals surface area contributed by atoms with Crippen LogP contribution in [-0.2, 0) is 14.3 Å². The maximum Gasteiger partial charge on any atom is 0.490 e. The second-order valence-corrected chi connectivity index (χ2v) is 7.91. The number of alkyl halides is 3. The van der Waals surface area contributed by atoms with Crippen molar-refractivity contribution in [3.8, 4) is 5.75 Å². The Morgan fingerprint density at radius 2 is 1.91 bits per heavy atom. The molecule has 0 bridgehead atoms. The van der Waals surface area contributed by atoms with Gasteiger partial charge in [0.2, 0.25) is 0 Å². The van der Waals surface area contributed by atoms with Crippen molar-refractivity contribution in [2.24, 2.45) is 5.92 Å². The van der Waals surface area contributed by atoms with Crippen molar-refractivity contribution >= 4 is 23.7 Å². The number of carbonyl (C=O) groups is 2. The van der Waals surface area contributed by atoms with Crippen molar-refractivity contribution in [1.82, 2.24) is 0 Å². The van der Waals surface area contributed by atoms with E-state index in [-0.39, 0.29) is 16.9 Å². The number of ether oxygens (including phenoxy) is 2. The molecule has 4 N–H and O–H groups in total. The molecule has 0 saturated carbocycles. The SMILES string of the molecule is CCNc1cc(O)c2c(c1)/C=C/C[C@H](OC(=O)C(F)(F)F)[C@H](O)C(O)/C=C\[C@@H](C)[C@H](C)OC2=O. The lowest BCUT2D eigenvalue weighted by Crippen LogP contribution is -2.42. The van der Waals surface area contributed by atoms with Crippen LogP contribution in [0, 0.1) is 5.92 Å². The Labute approximate surface area is 194 Å². The van der Waals surface area contributed by atoms with Crippen LogP contribution in [0.3, 0.4) is 0 Å². The molecule has 0 aliphatic carbocycles. The molecule has 11 heteroatoms. The van der Waals surface area contributed by atoms with E-state index in [1.165, 1.54) is 30.4 Å². The fourth-order valence-corrected chi connectivity index (χ4v) is 3.21. The largest absolute Gasteiger partial charge is 0.507 e. The average Bonchev–Trinajstić information content (AvgIpc) is 2.74. The van der Waals surface area contributed by atoms with E-state index in [9.17, 15) is 38.1 Å². The maximum absolute atomic E-state index is 12.8. The van der Waals surface area contributed by atoms with Gasteiger partial charge in [0, 0.05) is 30.6 Å². The fourth-order valence-electron chi connectivity index (χ4n) is 3.21. The number of aliphatic hydroxyl groups is 2. The number of carbonyl (C=O) groups excluding carboxylic acids is 2. The summed E-state index contributed by atoms with van der Waals surface area (Å²) in [6.07, 6.45) is -6.63. The first-order valence-corrected chi connectivity index (χ1v) is 10.7. The number of cyclic esters (lactones) is 1. The van der Waals surface area contributed by atoms with Crippen LogP contribution in [0.25, 0.3) is 6.08 Å². The first kappa shape index (κ1) is 27.2. The summed E-state index contributed by atoms with van der Waals surface area (Å²) in [7, 11) is 0. The van der Waals surface area contributed by atoms with E-state index in [2.05, 4.69) is 10.1 Å². The molecule has 1 aromatic carbocycles. The van der Waals surface area contributed by atoms with E-state index in [0.717, 1.165) is 6.08 Å². The smallest absolute Gasteiger partial charge is 0.490 e. The molecule has 1 unspecified atom stereocenters. The zero-order valence-electron chi connectivity index (χ0n) is 18.9. The molecule has 8 nitrogen and oxygen atoms in total. The number of hydrogen-bond acceptors (Lipinski definition) is 8. The molecule has 0 radical (unpaired) electrons. The van der Waals surface area contributed by atoms with Crippen LogP contribution in [0.5, 0.6) is 5.75 Å². The van der Waals surface area contributed by atoms with Crippen molar-refractivity contribution in [3.05, 3.63) is 41.5 Å². The summed E-state index contributed by atoms with van der Waals surface area (Å²) >= 11 is 0. The molecule has 0 saturated heterocycles. The van der Waals surface area contributed by atoms with Gasteiger partial charge in [0.05, 0.1) is 0 Å². The van der Waals surface area contributed by atoms with Gasteiger partial charge in [0.25, 0.3) is 0 Å². The Morgan fingerprint density at radius 3 is 2.53 bits per heavy atom. The van der Waals surface area contributed by atoms with Gasteiger partial charge in [-0.2, -0.15) is 13.2 Å². The molecule has 1 aliphatic heterocycles. The van der Waals surface area contributed by atoms with Crippen molar-refractivity contribution < 1.29 is 47.6 Å². The van der Waals surface area contributed by atoms with E-state index >= 15 is 0 Å². The summed E-state index contributed by atoms with van der Waals surface area (Å²) in [6, 6.07) is 2.86. The molecule has 0 fully saturated rings. The number of nitrogens with one attached hydrogen (secondary N) is 1. The summed E-state index contributed by atoms with van der Waals surface area (Å²) in [4.78, 5) is 24.2. The number of hydrogen-bond donors (Lipinski definition) is 4. The van der Waals surface area contributed by atoms with Gasteiger partial charge in [0.1, 0.15) is 35.7 Å². The molecule has 0 aromatic heterocycles. The number of fused-ring (bicyclic) bond motifs is 1. The first-order valence-electron chi connectivity index (χ1n) is 10.7. The topological polar surface area (TPSA) is 125 Å². The summed E-state index contributed by atoms with van der Waals surface area (Å²) in [5.41, 5.74) is 0.490. The van der Waals surface area contributed by atoms with E-state index in [0.29, 0.717) is 12.2 Å². The Kier molecular flexibility index (Phi) is 9.11. The van der Waals surface area contributed by atoms with E-state index < -0.39 is 54.9 Å². The second-order valence-electron chi connectivity index (χ2n) is 7.91. The minimum Gasteiger partial charge on any atom is -0.507 e. The molecule has 0 amide bonds. The molecule has 5 atom stereocenters. The molecule has 188 valence electrons. The highest BCUT2D eigenvalue weighted by Crippen LogP contribution is 2.30. The van der Waals surface area contributed by atoms with Gasteiger partial charge in [0.15, 0.2) is 0 Å². The van der Waals surface area contributed by atoms with Gasteiger partial charge in [-0.05, 0) is 25.5 Å². The number of aromatic hydroxyl groups is 1. The minimum atomic E-state index is -5.30. The zero-order chi connectivity index (χ0) is 25.6. The zero-order valence-corrected chi connectivity index (χ0v) is 18.9. The van der Waals surface area contributed by atoms with E-state index in [1.54, 1.807) is 13.8 Å². The predicted molar refractivity (Wildman–Crippen MR) is 117 cm³/mol. The molecule has 1 aliphatic rings. The highest BCUT2D eigenvalue weighted by molar-refractivity contribution is 5.97. The van der Waals surface area contributed by atoms with Crippen LogP contribution in [-0.4, -0.2) is 64.4 Å². The molecule has 2 rings (SSSR count). The van der Waals surface area contributed by atoms with Crippen molar-refractivity contribution in [3.63, 3.8) is 0 Å². The van der Waals surface area contributed by atoms with Gasteiger partial charge >= 0.3 is 18.1 Å². The van der Waals surface area contributed by atoms with Crippen molar-refractivity contribution in [2.75, 3.05) is 11.9 Å². The lowest BCUT2D eigenvalue weighted by molar-refractivity contribution is -0.210. The molecular formula is C23H28F3NO7. The Bertz CT molecular complexity index is 945. The van der Waals surface area contributed by atoms with Crippen LogP contribution in [0.1, 0.15) is 43.1 Å². The Balaban J connectivity index is 2.54. The quantitative estimate of drug-likeness (QED) is 0.379. The molecule has 1 heterocycles. The number of halogens is 3. The number of phenols is 1. The lowest BCUT2D eigenvalue weighted by Gasteiger charge is -2.26. The third kappa shape index (κ3) is 6.97. The van der Waals surface area contributed by atoms with E-state index in [1.807, 2.05) is 6.92 Å². The fraction of sp³-hybridized carbons (Fsp3) is 0.478. The molecule has 34 heavy (non-hydrogen) atoms. The number of rotatable bonds is 3. The summed E-state index contributed by atoms with van der Waals surface area (Å²) in [6.45, 7) is 5.55. The number of phenolic OH excluding ortho intramolecular Hbond substituents is 1. The van der Waals surface area contributed by atoms with Crippen molar-refractivity contribution in [2.45, 2.75) is 57.8 Å². The number of esters is 2. The van der Waals surface area contributed by atoms with Crippen molar-refractivity contribution in [1.29, 1.82) is 0 Å². The normalized spacial score (nSPS) is 28.1. The van der Waals surface area contributed by atoms with Gasteiger partial charge in [-0.3, -0.25) is 0 Å². The highest BCUT2D eigenvalue weighted by Gasteiger charge is 2.43. The monoisotopic (exact) mass is 487 g/mol. The maximum atomic E-state index is 12.8. The third-order valence-corrected chi connectivity index (χ3v) is 5.26. The van der Waals surface area contributed by atoms with Crippen LogP contribution in [0.2, 0.25) is 0 Å². The summed E-state index contributed by atoms with van der Waals surface area (Å²) in [5, 5.41) is 34.1. The summed E-state index contributed by atoms with van der Waals surface area (Å²) < 4.78 is 48.1. The molecule has 1 aromatic rings. The van der Waals surface area contributed by atoms with E-state index in [4.69, 9.17) is 4.74 Å². The van der Waals surface area contributed by atoms with Crippen LogP contribution >= 0.6 is 0 Å². The molecule has 0 spiro atoms. The summed E-state index contributed by atoms with van der Waals surface area (Å²) in [5.74, 6) is -4.20. The average molecular weight is 487 g/mol. The van der Waals surface area contributed by atoms with Crippen LogP contribution in [0.4, 0.5) is 18.9 Å². The Hall–Kier alpha value is -3.05. The van der Waals surface area contributed by atoms with Gasteiger partial charge in [-0.15, -0.1) is 0 Å². The van der Waals surface area contributed by atoms with Crippen LogP contribution in [0.15, 0.2) is 30.4 Å². The third-order valence-electron chi connectivity index (χ3n) is 5.26. The Morgan fingerprint density at radius 1 is 1.24 bits per heavy atom. The molecular weight excluding hydrogens is 459 g/mol. The van der Waals surface area contributed by atoms with Gasteiger partial charge < -0.3 is 30.1 Å². The highest BCUT2D eigenvalue weighted by atomic mass is 19.4. The van der Waals surface area contributed by atoms with Gasteiger partial charge in [-0.25, -0.2) is 9.59 Å². The number of benzene rings is 1.